The van der Waals surface area contributed by atoms with Gasteiger partial charge in [0.25, 0.3) is 0 Å². The van der Waals surface area contributed by atoms with Gasteiger partial charge in [-0.15, -0.1) is 0 Å². The molecule has 2 aliphatic heterocycles. The van der Waals surface area contributed by atoms with Crippen LogP contribution < -0.4 is 4.90 Å². The van der Waals surface area contributed by atoms with Gasteiger partial charge in [-0.2, -0.15) is 0 Å². The fourth-order valence-corrected chi connectivity index (χ4v) is 6.20. The maximum absolute atomic E-state index is 14.0. The summed E-state index contributed by atoms with van der Waals surface area (Å²) >= 11 is 6.19. The van der Waals surface area contributed by atoms with Crippen molar-refractivity contribution in [1.29, 1.82) is 0 Å². The van der Waals surface area contributed by atoms with Gasteiger partial charge < -0.3 is 14.5 Å². The summed E-state index contributed by atoms with van der Waals surface area (Å²) in [5.74, 6) is 1.57. The normalized spacial score (nSPS) is 21.6. The van der Waals surface area contributed by atoms with Crippen molar-refractivity contribution in [3.8, 4) is 0 Å². The zero-order valence-corrected chi connectivity index (χ0v) is 22.3. The molecule has 0 spiro atoms. The predicted molar refractivity (Wildman–Crippen MR) is 143 cm³/mol. The summed E-state index contributed by atoms with van der Waals surface area (Å²) in [5.41, 5.74) is 3.55. The number of aryl methyl sites for hydroxylation is 1. The molecule has 7 nitrogen and oxygen atoms in total. The van der Waals surface area contributed by atoms with E-state index in [1.54, 1.807) is 6.33 Å². The van der Waals surface area contributed by atoms with Gasteiger partial charge in [0.15, 0.2) is 0 Å². The van der Waals surface area contributed by atoms with Gasteiger partial charge in [0.05, 0.1) is 5.92 Å². The Morgan fingerprint density at radius 3 is 2.53 bits per heavy atom. The van der Waals surface area contributed by atoms with E-state index >= 15 is 0 Å². The van der Waals surface area contributed by atoms with Crippen LogP contribution >= 0.6 is 11.6 Å². The maximum Gasteiger partial charge on any atom is 0.231 e. The van der Waals surface area contributed by atoms with Crippen LogP contribution in [0.1, 0.15) is 61.8 Å². The van der Waals surface area contributed by atoms with E-state index < -0.39 is 0 Å². The van der Waals surface area contributed by atoms with Crippen molar-refractivity contribution in [2.24, 2.45) is 0 Å². The third-order valence-corrected chi connectivity index (χ3v) is 8.50. The zero-order chi connectivity index (χ0) is 25.1. The largest absolute Gasteiger partial charge is 0.381 e. The first-order chi connectivity index (χ1) is 17.5. The van der Waals surface area contributed by atoms with Crippen LogP contribution in [0.4, 0.5) is 5.82 Å². The number of benzene rings is 1. The van der Waals surface area contributed by atoms with Gasteiger partial charge >= 0.3 is 0 Å². The Morgan fingerprint density at radius 1 is 1.11 bits per heavy atom. The molecule has 1 amide bonds. The highest BCUT2D eigenvalue weighted by Gasteiger charge is 2.34. The number of anilines is 1. The molecule has 1 aromatic carbocycles. The van der Waals surface area contributed by atoms with Gasteiger partial charge in [0.1, 0.15) is 12.1 Å². The lowest BCUT2D eigenvalue weighted by atomic mass is 9.94. The number of carbonyl (C=O) groups is 1. The third-order valence-electron chi connectivity index (χ3n) is 8.24. The Bertz CT molecular complexity index is 1030. The minimum atomic E-state index is -0.208. The first kappa shape index (κ1) is 25.4. The van der Waals surface area contributed by atoms with E-state index in [-0.39, 0.29) is 11.8 Å². The summed E-state index contributed by atoms with van der Waals surface area (Å²) in [5, 5.41) is 0.696. The molecule has 0 radical (unpaired) electrons. The van der Waals surface area contributed by atoms with Crippen molar-refractivity contribution in [1.82, 2.24) is 19.8 Å². The van der Waals surface area contributed by atoms with Crippen molar-refractivity contribution < 1.29 is 9.53 Å². The predicted octanol–water partition coefficient (Wildman–Crippen LogP) is 4.11. The molecule has 0 N–H and O–H groups in total. The minimum absolute atomic E-state index is 0.208. The van der Waals surface area contributed by atoms with E-state index in [2.05, 4.69) is 38.5 Å². The highest BCUT2D eigenvalue weighted by atomic mass is 35.5. The summed E-state index contributed by atoms with van der Waals surface area (Å²) in [6.45, 7) is 10.7. The molecule has 0 unspecified atom stereocenters. The molecular formula is C28H38ClN5O2. The van der Waals surface area contributed by atoms with E-state index in [1.807, 2.05) is 24.3 Å². The van der Waals surface area contributed by atoms with Crippen LogP contribution in [0.25, 0.3) is 0 Å². The van der Waals surface area contributed by atoms with E-state index in [9.17, 15) is 4.79 Å². The fourth-order valence-electron chi connectivity index (χ4n) is 6.08. The van der Waals surface area contributed by atoms with Crippen LogP contribution in [-0.2, 0) is 16.0 Å². The number of nitrogens with zero attached hydrogens (tertiary/aromatic N) is 5. The first-order valence-corrected chi connectivity index (χ1v) is 13.9. The van der Waals surface area contributed by atoms with Crippen LogP contribution in [0.2, 0.25) is 5.02 Å². The average Bonchev–Trinajstić information content (AvgIpc) is 3.31. The van der Waals surface area contributed by atoms with Gasteiger partial charge in [-0.1, -0.05) is 37.6 Å². The number of fused-ring (bicyclic) bond motifs is 1. The summed E-state index contributed by atoms with van der Waals surface area (Å²) < 4.78 is 5.59. The molecule has 2 atom stereocenters. The summed E-state index contributed by atoms with van der Waals surface area (Å²) in [7, 11) is 0. The number of rotatable bonds is 7. The Labute approximate surface area is 219 Å². The number of hydrogen-bond acceptors (Lipinski definition) is 6. The second-order valence-corrected chi connectivity index (χ2v) is 10.8. The van der Waals surface area contributed by atoms with Crippen LogP contribution in [-0.4, -0.2) is 84.2 Å². The van der Waals surface area contributed by atoms with E-state index in [1.165, 1.54) is 11.3 Å². The molecule has 1 aliphatic carbocycles. The van der Waals surface area contributed by atoms with Crippen molar-refractivity contribution >= 4 is 23.3 Å². The molecule has 36 heavy (non-hydrogen) atoms. The number of ether oxygens (including phenoxy) is 1. The maximum atomic E-state index is 14.0. The second-order valence-electron chi connectivity index (χ2n) is 10.3. The van der Waals surface area contributed by atoms with Gasteiger partial charge in [-0.25, -0.2) is 9.97 Å². The number of piperazine rings is 1. The first-order valence-electron chi connectivity index (χ1n) is 13.5. The summed E-state index contributed by atoms with van der Waals surface area (Å²) in [6.07, 6.45) is 5.93. The highest BCUT2D eigenvalue weighted by molar-refractivity contribution is 6.30. The van der Waals surface area contributed by atoms with Crippen molar-refractivity contribution in [2.75, 3.05) is 57.4 Å². The third kappa shape index (κ3) is 5.38. The standard InChI is InChI=1S/C28H38ClN5O2/c1-3-32(23-10-16-36-17-11-23)18-24(21-5-7-22(29)8-6-21)28(35)34-14-12-33(13-15-34)27-26-20(2)4-9-25(26)30-19-31-27/h5-8,19-20,23-24H,3-4,9-18H2,1-2H3/t20-,24-/m1/s1. The Balaban J connectivity index is 1.31. The molecule has 3 heterocycles. The lowest BCUT2D eigenvalue weighted by Crippen LogP contribution is -2.52. The van der Waals surface area contributed by atoms with Crippen LogP contribution in [0.15, 0.2) is 30.6 Å². The number of carbonyl (C=O) groups excluding carboxylic acids is 1. The van der Waals surface area contributed by atoms with Crippen molar-refractivity contribution in [3.05, 3.63) is 52.4 Å². The molecular weight excluding hydrogens is 474 g/mol. The minimum Gasteiger partial charge on any atom is -0.381 e. The lowest BCUT2D eigenvalue weighted by molar-refractivity contribution is -0.133. The number of amides is 1. The summed E-state index contributed by atoms with van der Waals surface area (Å²) in [4.78, 5) is 30.1. The second kappa shape index (κ2) is 11.4. The molecule has 3 aliphatic rings. The number of aromatic nitrogens is 2. The van der Waals surface area contributed by atoms with Gasteiger partial charge in [-0.3, -0.25) is 9.69 Å². The van der Waals surface area contributed by atoms with Crippen LogP contribution in [0, 0.1) is 0 Å². The number of halogens is 1. The fraction of sp³-hybridized carbons (Fsp3) is 0.607. The molecule has 2 saturated heterocycles. The molecule has 8 heteroatoms. The average molecular weight is 512 g/mol. The molecule has 0 saturated carbocycles. The molecule has 194 valence electrons. The van der Waals surface area contributed by atoms with Crippen molar-refractivity contribution in [3.63, 3.8) is 0 Å². The van der Waals surface area contributed by atoms with Crippen LogP contribution in [0.3, 0.4) is 0 Å². The Kier molecular flexibility index (Phi) is 8.09. The lowest BCUT2D eigenvalue weighted by Gasteiger charge is -2.40. The smallest absolute Gasteiger partial charge is 0.231 e. The quantitative estimate of drug-likeness (QED) is 0.557. The molecule has 5 rings (SSSR count). The van der Waals surface area contributed by atoms with Crippen LogP contribution in [0.5, 0.6) is 0 Å². The molecule has 2 aromatic rings. The van der Waals surface area contributed by atoms with Gasteiger partial charge in [-0.05, 0) is 55.8 Å². The van der Waals surface area contributed by atoms with E-state index in [4.69, 9.17) is 16.3 Å². The Morgan fingerprint density at radius 2 is 1.83 bits per heavy atom. The topological polar surface area (TPSA) is 61.8 Å². The van der Waals surface area contributed by atoms with E-state index in [0.717, 1.165) is 76.5 Å². The SMILES string of the molecule is CCN(C[C@@H](C(=O)N1CCN(c2ncnc3c2[C@H](C)CC3)CC1)c1ccc(Cl)cc1)C1CCOCC1. The monoisotopic (exact) mass is 511 g/mol. The van der Waals surface area contributed by atoms with E-state index in [0.29, 0.717) is 30.1 Å². The number of hydrogen-bond donors (Lipinski definition) is 0. The molecule has 2 fully saturated rings. The highest BCUT2D eigenvalue weighted by Crippen LogP contribution is 2.37. The Hall–Kier alpha value is -2.22. The molecule has 0 bridgehead atoms. The summed E-state index contributed by atoms with van der Waals surface area (Å²) in [6, 6.07) is 8.30. The number of likely N-dealkylation sites (N-methyl/N-ethyl adjacent to an activating group) is 1. The molecule has 1 aromatic heterocycles. The van der Waals surface area contributed by atoms with Gasteiger partial charge in [0, 0.05) is 68.3 Å². The van der Waals surface area contributed by atoms with Crippen molar-refractivity contribution in [2.45, 2.75) is 57.4 Å². The zero-order valence-electron chi connectivity index (χ0n) is 21.5. The van der Waals surface area contributed by atoms with Gasteiger partial charge in [0.2, 0.25) is 5.91 Å².